The van der Waals surface area contributed by atoms with Crippen molar-refractivity contribution in [3.8, 4) is 0 Å². The van der Waals surface area contributed by atoms with Crippen LogP contribution in [0, 0.1) is 0 Å². The van der Waals surface area contributed by atoms with Crippen LogP contribution in [0.1, 0.15) is 11.5 Å². The average Bonchev–Trinajstić information content (AvgIpc) is 2.78. The summed E-state index contributed by atoms with van der Waals surface area (Å²) in [5.41, 5.74) is 7.72. The van der Waals surface area contributed by atoms with E-state index in [0.717, 1.165) is 5.75 Å². The Labute approximate surface area is 110 Å². The van der Waals surface area contributed by atoms with Crippen molar-refractivity contribution in [2.75, 3.05) is 11.5 Å². The summed E-state index contributed by atoms with van der Waals surface area (Å²) in [7, 11) is 0. The zero-order valence-electron chi connectivity index (χ0n) is 9.87. The van der Waals surface area contributed by atoms with E-state index in [1.165, 1.54) is 16.5 Å². The molecular formula is C14H14N2OS. The number of thioether (sulfide) groups is 1. The van der Waals surface area contributed by atoms with E-state index in [4.69, 9.17) is 5.73 Å². The molecule has 4 heteroatoms. The third-order valence-electron chi connectivity index (χ3n) is 3.22. The van der Waals surface area contributed by atoms with E-state index in [2.05, 4.69) is 24.3 Å². The smallest absolute Gasteiger partial charge is 0.250 e. The largest absolute Gasteiger partial charge is 0.398 e. The van der Waals surface area contributed by atoms with E-state index >= 15 is 0 Å². The van der Waals surface area contributed by atoms with Gasteiger partial charge in [0.05, 0.1) is 0 Å². The third kappa shape index (κ3) is 2.04. The highest BCUT2D eigenvalue weighted by molar-refractivity contribution is 7.99. The van der Waals surface area contributed by atoms with E-state index < -0.39 is 0 Å². The molecule has 0 radical (unpaired) electrons. The van der Waals surface area contributed by atoms with Crippen molar-refractivity contribution >= 4 is 17.4 Å². The van der Waals surface area contributed by atoms with Crippen LogP contribution in [0.5, 0.6) is 0 Å². The molecule has 92 valence electrons. The number of fused-ring (bicyclic) bond motifs is 1. The Kier molecular flexibility index (Phi) is 2.88. The van der Waals surface area contributed by atoms with Gasteiger partial charge in [0.1, 0.15) is 0 Å². The summed E-state index contributed by atoms with van der Waals surface area (Å²) in [5.74, 6) is 1.42. The molecule has 0 fully saturated rings. The molecule has 0 amide bonds. The number of rotatable bonds is 2. The van der Waals surface area contributed by atoms with Gasteiger partial charge in [-0.25, -0.2) is 0 Å². The molecule has 1 unspecified atom stereocenters. The van der Waals surface area contributed by atoms with Crippen molar-refractivity contribution in [3.63, 3.8) is 0 Å². The second kappa shape index (κ2) is 4.53. The third-order valence-corrected chi connectivity index (χ3v) is 4.47. The maximum atomic E-state index is 11.8. The monoisotopic (exact) mass is 258 g/mol. The van der Waals surface area contributed by atoms with Crippen LogP contribution < -0.4 is 11.3 Å². The fourth-order valence-electron chi connectivity index (χ4n) is 2.31. The summed E-state index contributed by atoms with van der Waals surface area (Å²) < 4.78 is 1.71. The van der Waals surface area contributed by atoms with Gasteiger partial charge in [-0.15, -0.1) is 11.8 Å². The lowest BCUT2D eigenvalue weighted by Crippen LogP contribution is -2.22. The number of nitrogen functional groups attached to an aromatic ring is 1. The lowest BCUT2D eigenvalue weighted by Gasteiger charge is -2.13. The number of benzene rings is 1. The van der Waals surface area contributed by atoms with E-state index in [-0.39, 0.29) is 5.56 Å². The van der Waals surface area contributed by atoms with Gasteiger partial charge >= 0.3 is 0 Å². The molecule has 1 aromatic heterocycles. The van der Waals surface area contributed by atoms with E-state index in [9.17, 15) is 4.79 Å². The zero-order valence-corrected chi connectivity index (χ0v) is 10.7. The van der Waals surface area contributed by atoms with Gasteiger partial charge in [-0.3, -0.25) is 4.79 Å². The number of nitrogens with two attached hydrogens (primary N) is 1. The number of pyridine rings is 1. The minimum Gasteiger partial charge on any atom is -0.398 e. The summed E-state index contributed by atoms with van der Waals surface area (Å²) in [6.07, 6.45) is 1.73. The normalized spacial score (nSPS) is 17.7. The number of aromatic nitrogens is 1. The predicted molar refractivity (Wildman–Crippen MR) is 75.0 cm³/mol. The van der Waals surface area contributed by atoms with E-state index in [1.807, 2.05) is 11.8 Å². The van der Waals surface area contributed by atoms with Crippen molar-refractivity contribution in [3.05, 3.63) is 58.5 Å². The fraction of sp³-hybridized carbons (Fsp3) is 0.214. The van der Waals surface area contributed by atoms with Crippen LogP contribution in [-0.2, 0) is 6.54 Å². The molecular weight excluding hydrogens is 244 g/mol. The molecule has 1 atom stereocenters. The molecule has 0 saturated heterocycles. The SMILES string of the molecule is Nc1ccc(=O)n(CC2CSc3ccccc32)c1. The lowest BCUT2D eigenvalue weighted by atomic mass is 10.0. The van der Waals surface area contributed by atoms with Gasteiger partial charge in [-0.05, 0) is 17.7 Å². The zero-order chi connectivity index (χ0) is 12.5. The van der Waals surface area contributed by atoms with E-state index in [0.29, 0.717) is 18.2 Å². The molecule has 18 heavy (non-hydrogen) atoms. The number of hydrogen-bond donors (Lipinski definition) is 1. The number of anilines is 1. The second-order valence-electron chi connectivity index (χ2n) is 4.50. The molecule has 0 aliphatic carbocycles. The first-order chi connectivity index (χ1) is 8.74. The van der Waals surface area contributed by atoms with Gasteiger partial charge in [-0.2, -0.15) is 0 Å². The first-order valence-electron chi connectivity index (χ1n) is 5.92. The van der Waals surface area contributed by atoms with Crippen LogP contribution >= 0.6 is 11.8 Å². The van der Waals surface area contributed by atoms with Crippen molar-refractivity contribution in [1.82, 2.24) is 4.57 Å². The Morgan fingerprint density at radius 2 is 2.11 bits per heavy atom. The van der Waals surface area contributed by atoms with Crippen molar-refractivity contribution in [2.45, 2.75) is 17.4 Å². The molecule has 1 aromatic carbocycles. The Balaban J connectivity index is 1.91. The van der Waals surface area contributed by atoms with Gasteiger partial charge < -0.3 is 10.3 Å². The minimum atomic E-state index is 0.0126. The molecule has 2 N–H and O–H groups in total. The molecule has 1 aliphatic heterocycles. The van der Waals surface area contributed by atoms with Crippen LogP contribution in [0.15, 0.2) is 52.3 Å². The maximum Gasteiger partial charge on any atom is 0.250 e. The molecule has 0 spiro atoms. The molecule has 0 saturated carbocycles. The second-order valence-corrected chi connectivity index (χ2v) is 5.56. The Morgan fingerprint density at radius 1 is 1.28 bits per heavy atom. The predicted octanol–water partition coefficient (Wildman–Crippen LogP) is 2.32. The molecule has 1 aliphatic rings. The quantitative estimate of drug-likeness (QED) is 0.899. The summed E-state index contributed by atoms with van der Waals surface area (Å²) >= 11 is 1.86. The van der Waals surface area contributed by atoms with Gasteiger partial charge in [0, 0.05) is 41.1 Å². The molecule has 2 heterocycles. The highest BCUT2D eigenvalue weighted by atomic mass is 32.2. The highest BCUT2D eigenvalue weighted by Crippen LogP contribution is 2.39. The molecule has 2 aromatic rings. The van der Waals surface area contributed by atoms with Gasteiger partial charge in [0.2, 0.25) is 0 Å². The molecule has 3 rings (SSSR count). The van der Waals surface area contributed by atoms with E-state index in [1.54, 1.807) is 16.8 Å². The molecule has 3 nitrogen and oxygen atoms in total. The van der Waals surface area contributed by atoms with Crippen LogP contribution in [0.25, 0.3) is 0 Å². The Hall–Kier alpha value is -1.68. The summed E-state index contributed by atoms with van der Waals surface area (Å²) in [4.78, 5) is 13.1. The van der Waals surface area contributed by atoms with Gasteiger partial charge in [0.15, 0.2) is 0 Å². The first kappa shape index (κ1) is 11.4. The van der Waals surface area contributed by atoms with Crippen LogP contribution in [-0.4, -0.2) is 10.3 Å². The lowest BCUT2D eigenvalue weighted by molar-refractivity contribution is 0.589. The van der Waals surface area contributed by atoms with Gasteiger partial charge in [0.25, 0.3) is 5.56 Å². The molecule has 0 bridgehead atoms. The first-order valence-corrected chi connectivity index (χ1v) is 6.90. The topological polar surface area (TPSA) is 48.0 Å². The van der Waals surface area contributed by atoms with Crippen molar-refractivity contribution < 1.29 is 0 Å². The maximum absolute atomic E-state index is 11.8. The minimum absolute atomic E-state index is 0.0126. The summed E-state index contributed by atoms with van der Waals surface area (Å²) in [5, 5.41) is 0. The number of nitrogens with zero attached hydrogens (tertiary/aromatic N) is 1. The van der Waals surface area contributed by atoms with Crippen LogP contribution in [0.3, 0.4) is 0 Å². The van der Waals surface area contributed by atoms with Crippen LogP contribution in [0.4, 0.5) is 5.69 Å². The Bertz CT molecular complexity index is 636. The number of hydrogen-bond acceptors (Lipinski definition) is 3. The van der Waals surface area contributed by atoms with Crippen molar-refractivity contribution in [2.24, 2.45) is 0 Å². The summed E-state index contributed by atoms with van der Waals surface area (Å²) in [6, 6.07) is 11.6. The standard InChI is InChI=1S/C14H14N2OS/c15-11-5-6-14(17)16(8-11)7-10-9-18-13-4-2-1-3-12(10)13/h1-6,8,10H,7,9,15H2. The summed E-state index contributed by atoms with van der Waals surface area (Å²) in [6.45, 7) is 0.702. The van der Waals surface area contributed by atoms with Crippen molar-refractivity contribution in [1.29, 1.82) is 0 Å². The highest BCUT2D eigenvalue weighted by Gasteiger charge is 2.23. The fourth-order valence-corrected chi connectivity index (χ4v) is 3.55. The van der Waals surface area contributed by atoms with Crippen LogP contribution in [0.2, 0.25) is 0 Å². The average molecular weight is 258 g/mol. The Morgan fingerprint density at radius 3 is 3.00 bits per heavy atom. The van der Waals surface area contributed by atoms with Gasteiger partial charge in [-0.1, -0.05) is 18.2 Å².